The van der Waals surface area contributed by atoms with Gasteiger partial charge in [0.2, 0.25) is 5.91 Å². The molecule has 0 spiro atoms. The zero-order valence-corrected chi connectivity index (χ0v) is 14.4. The number of likely N-dealkylation sites (tertiary alicyclic amines) is 1. The van der Waals surface area contributed by atoms with Gasteiger partial charge in [0.15, 0.2) is 5.82 Å². The summed E-state index contributed by atoms with van der Waals surface area (Å²) in [6.45, 7) is 4.01. The number of hydrogen-bond acceptors (Lipinski definition) is 4. The molecule has 126 valence electrons. The Hall–Kier alpha value is -1.98. The van der Waals surface area contributed by atoms with Crippen LogP contribution < -0.4 is 5.32 Å². The Morgan fingerprint density at radius 1 is 1.25 bits per heavy atom. The van der Waals surface area contributed by atoms with Crippen molar-refractivity contribution < 1.29 is 4.79 Å². The molecule has 1 atom stereocenters. The van der Waals surface area contributed by atoms with Gasteiger partial charge >= 0.3 is 0 Å². The number of piperidine rings is 1. The van der Waals surface area contributed by atoms with E-state index in [4.69, 9.17) is 11.6 Å². The van der Waals surface area contributed by atoms with E-state index in [0.717, 1.165) is 31.0 Å². The lowest BCUT2D eigenvalue weighted by Gasteiger charge is -2.35. The number of aromatic nitrogens is 2. The minimum absolute atomic E-state index is 0.0284. The van der Waals surface area contributed by atoms with Gasteiger partial charge in [-0.2, -0.15) is 0 Å². The Bertz CT molecular complexity index is 669. The van der Waals surface area contributed by atoms with Crippen LogP contribution in [0.15, 0.2) is 42.9 Å². The molecular formula is C18H21ClN4O. The fourth-order valence-corrected chi connectivity index (χ4v) is 3.22. The third-order valence-corrected chi connectivity index (χ3v) is 4.87. The number of benzene rings is 1. The quantitative estimate of drug-likeness (QED) is 0.921. The van der Waals surface area contributed by atoms with Crippen LogP contribution in [0.3, 0.4) is 0 Å². The predicted octanol–water partition coefficient (Wildman–Crippen LogP) is 3.54. The average molecular weight is 345 g/mol. The van der Waals surface area contributed by atoms with Crippen LogP contribution in [0.2, 0.25) is 5.02 Å². The highest BCUT2D eigenvalue weighted by Gasteiger charge is 2.27. The van der Waals surface area contributed by atoms with Crippen molar-refractivity contribution in [3.8, 4) is 0 Å². The summed E-state index contributed by atoms with van der Waals surface area (Å²) < 4.78 is 0. The smallest absolute Gasteiger partial charge is 0.228 e. The number of rotatable bonds is 4. The fourth-order valence-electron chi connectivity index (χ4n) is 3.09. The Balaban J connectivity index is 1.53. The normalized spacial score (nSPS) is 17.4. The van der Waals surface area contributed by atoms with Crippen molar-refractivity contribution in [3.05, 3.63) is 53.4 Å². The van der Waals surface area contributed by atoms with E-state index in [1.165, 1.54) is 5.56 Å². The monoisotopic (exact) mass is 344 g/mol. The highest BCUT2D eigenvalue weighted by Crippen LogP contribution is 2.27. The highest BCUT2D eigenvalue weighted by atomic mass is 35.5. The molecule has 0 bridgehead atoms. The zero-order valence-electron chi connectivity index (χ0n) is 13.7. The first-order valence-corrected chi connectivity index (χ1v) is 8.57. The van der Waals surface area contributed by atoms with Gasteiger partial charge in [0.1, 0.15) is 0 Å². The Morgan fingerprint density at radius 3 is 2.58 bits per heavy atom. The lowest BCUT2D eigenvalue weighted by molar-refractivity contribution is -0.121. The molecule has 1 N–H and O–H groups in total. The Morgan fingerprint density at radius 2 is 1.96 bits per heavy atom. The van der Waals surface area contributed by atoms with Gasteiger partial charge in [-0.1, -0.05) is 23.7 Å². The maximum atomic E-state index is 12.3. The molecule has 1 aliphatic heterocycles. The molecule has 2 aromatic rings. The van der Waals surface area contributed by atoms with Gasteiger partial charge in [-0.15, -0.1) is 0 Å². The van der Waals surface area contributed by atoms with Crippen LogP contribution in [-0.2, 0) is 4.79 Å². The van der Waals surface area contributed by atoms with Crippen LogP contribution in [0, 0.1) is 5.92 Å². The molecule has 1 aromatic carbocycles. The van der Waals surface area contributed by atoms with Gasteiger partial charge in [-0.3, -0.25) is 14.7 Å². The number of halogens is 1. The first-order valence-electron chi connectivity index (χ1n) is 8.20. The lowest BCUT2D eigenvalue weighted by Crippen LogP contribution is -2.39. The van der Waals surface area contributed by atoms with Crippen molar-refractivity contribution in [1.29, 1.82) is 0 Å². The molecular weight excluding hydrogens is 324 g/mol. The van der Waals surface area contributed by atoms with E-state index in [2.05, 4.69) is 39.2 Å². The first-order chi connectivity index (χ1) is 11.6. The molecule has 1 saturated heterocycles. The summed E-state index contributed by atoms with van der Waals surface area (Å²) in [5, 5.41) is 3.60. The van der Waals surface area contributed by atoms with Gasteiger partial charge < -0.3 is 5.32 Å². The van der Waals surface area contributed by atoms with Crippen molar-refractivity contribution in [3.63, 3.8) is 0 Å². The van der Waals surface area contributed by atoms with Crippen molar-refractivity contribution in [2.75, 3.05) is 18.4 Å². The molecule has 2 heterocycles. The van der Waals surface area contributed by atoms with Gasteiger partial charge in [0, 0.05) is 29.4 Å². The number of hydrogen-bond donors (Lipinski definition) is 1. The summed E-state index contributed by atoms with van der Waals surface area (Å²) in [5.74, 6) is 0.578. The van der Waals surface area contributed by atoms with E-state index in [-0.39, 0.29) is 11.8 Å². The molecule has 5 nitrogen and oxygen atoms in total. The van der Waals surface area contributed by atoms with Crippen LogP contribution in [0.5, 0.6) is 0 Å². The Kier molecular flexibility index (Phi) is 5.43. The lowest BCUT2D eigenvalue weighted by atomic mass is 9.94. The van der Waals surface area contributed by atoms with Gasteiger partial charge in [0.05, 0.1) is 6.20 Å². The van der Waals surface area contributed by atoms with Crippen LogP contribution >= 0.6 is 11.6 Å². The summed E-state index contributed by atoms with van der Waals surface area (Å²) in [6.07, 6.45) is 6.43. The largest absolute Gasteiger partial charge is 0.309 e. The summed E-state index contributed by atoms with van der Waals surface area (Å²) >= 11 is 5.96. The number of amides is 1. The number of nitrogens with one attached hydrogen (secondary N) is 1. The van der Waals surface area contributed by atoms with Gasteiger partial charge in [0.25, 0.3) is 0 Å². The number of carbonyl (C=O) groups excluding carboxylic acids is 1. The van der Waals surface area contributed by atoms with E-state index < -0.39 is 0 Å². The maximum Gasteiger partial charge on any atom is 0.228 e. The van der Waals surface area contributed by atoms with E-state index in [0.29, 0.717) is 11.9 Å². The van der Waals surface area contributed by atoms with Crippen molar-refractivity contribution in [2.24, 2.45) is 5.92 Å². The zero-order chi connectivity index (χ0) is 16.9. The molecule has 1 aromatic heterocycles. The standard InChI is InChI=1S/C18H21ClN4O/c1-13(14-2-4-16(19)5-3-14)23-10-6-15(7-11-23)18(24)22-17-12-20-8-9-21-17/h2-5,8-9,12-13,15H,6-7,10-11H2,1H3,(H,21,22,24)/t13-/m1/s1. The third kappa shape index (κ3) is 4.10. The predicted molar refractivity (Wildman–Crippen MR) is 94.8 cm³/mol. The van der Waals surface area contributed by atoms with Gasteiger partial charge in [-0.05, 0) is 50.6 Å². The van der Waals surface area contributed by atoms with Crippen LogP contribution in [0.4, 0.5) is 5.82 Å². The average Bonchev–Trinajstić information content (AvgIpc) is 2.63. The van der Waals surface area contributed by atoms with Crippen molar-refractivity contribution in [1.82, 2.24) is 14.9 Å². The second kappa shape index (κ2) is 7.73. The molecule has 1 aliphatic rings. The SMILES string of the molecule is C[C@H](c1ccc(Cl)cc1)N1CCC(C(=O)Nc2cnccn2)CC1. The van der Waals surface area contributed by atoms with E-state index in [9.17, 15) is 4.79 Å². The Labute approximate surface area is 147 Å². The van der Waals surface area contributed by atoms with E-state index in [1.54, 1.807) is 18.6 Å². The van der Waals surface area contributed by atoms with Gasteiger partial charge in [-0.25, -0.2) is 4.98 Å². The van der Waals surface area contributed by atoms with E-state index >= 15 is 0 Å². The van der Waals surface area contributed by atoms with Crippen molar-refractivity contribution in [2.45, 2.75) is 25.8 Å². The minimum atomic E-state index is 0.0284. The third-order valence-electron chi connectivity index (χ3n) is 4.61. The first kappa shape index (κ1) is 16.9. The summed E-state index contributed by atoms with van der Waals surface area (Å²) in [7, 11) is 0. The molecule has 0 unspecified atom stereocenters. The molecule has 3 rings (SSSR count). The molecule has 0 aliphatic carbocycles. The summed E-state index contributed by atoms with van der Waals surface area (Å²) in [5.41, 5.74) is 1.25. The molecule has 0 saturated carbocycles. The minimum Gasteiger partial charge on any atom is -0.309 e. The molecule has 0 radical (unpaired) electrons. The highest BCUT2D eigenvalue weighted by molar-refractivity contribution is 6.30. The van der Waals surface area contributed by atoms with E-state index in [1.807, 2.05) is 12.1 Å². The number of anilines is 1. The molecule has 1 amide bonds. The molecule has 1 fully saturated rings. The van der Waals surface area contributed by atoms with Crippen LogP contribution in [-0.4, -0.2) is 33.9 Å². The second-order valence-corrected chi connectivity index (χ2v) is 6.55. The van der Waals surface area contributed by atoms with Crippen LogP contribution in [0.25, 0.3) is 0 Å². The summed E-state index contributed by atoms with van der Waals surface area (Å²) in [6, 6.07) is 8.31. The molecule has 24 heavy (non-hydrogen) atoms. The topological polar surface area (TPSA) is 58.1 Å². The second-order valence-electron chi connectivity index (χ2n) is 6.12. The van der Waals surface area contributed by atoms with Crippen LogP contribution in [0.1, 0.15) is 31.4 Å². The maximum absolute atomic E-state index is 12.3. The summed E-state index contributed by atoms with van der Waals surface area (Å²) in [4.78, 5) is 22.8. The number of carbonyl (C=O) groups is 1. The number of nitrogens with zero attached hydrogens (tertiary/aromatic N) is 3. The fraction of sp³-hybridized carbons (Fsp3) is 0.389. The molecule has 6 heteroatoms. The van der Waals surface area contributed by atoms with Crippen molar-refractivity contribution >= 4 is 23.3 Å².